The highest BCUT2D eigenvalue weighted by molar-refractivity contribution is 7.89. The zero-order chi connectivity index (χ0) is 24.1. The minimum Gasteiger partial charge on any atom is -0.328 e. The van der Waals surface area contributed by atoms with Crippen LogP contribution in [0.5, 0.6) is 0 Å². The van der Waals surface area contributed by atoms with Gasteiger partial charge in [-0.1, -0.05) is 26.0 Å². The second-order valence-electron chi connectivity index (χ2n) is 8.54. The second kappa shape index (κ2) is 10.5. The lowest BCUT2D eigenvalue weighted by Gasteiger charge is -2.18. The molecule has 0 spiro atoms. The molecule has 1 aliphatic rings. The Kier molecular flexibility index (Phi) is 7.48. The molecule has 0 atom stereocenters. The van der Waals surface area contributed by atoms with E-state index in [2.05, 4.69) is 14.9 Å². The van der Waals surface area contributed by atoms with Gasteiger partial charge in [0.2, 0.25) is 15.9 Å². The highest BCUT2D eigenvalue weighted by atomic mass is 32.2. The number of hydrogen-bond acceptors (Lipinski definition) is 4. The van der Waals surface area contributed by atoms with E-state index in [1.807, 2.05) is 44.3 Å². The summed E-state index contributed by atoms with van der Waals surface area (Å²) >= 11 is 0. The van der Waals surface area contributed by atoms with E-state index in [0.29, 0.717) is 25.9 Å². The predicted octanol–water partition coefficient (Wildman–Crippen LogP) is 4.49. The van der Waals surface area contributed by atoms with Gasteiger partial charge in [0.05, 0.1) is 4.90 Å². The summed E-state index contributed by atoms with van der Waals surface area (Å²) in [5.41, 5.74) is 4.01. The lowest BCUT2D eigenvalue weighted by molar-refractivity contribution is -0.116. The number of hydrogen-bond donors (Lipinski definition) is 1. The molecule has 1 aromatic heterocycles. The molecule has 8 heteroatoms. The van der Waals surface area contributed by atoms with E-state index in [1.54, 1.807) is 24.3 Å². The molecule has 2 heterocycles. The standard InChI is InChI=1S/C26H32N4O3S/c1-3-29(4-2)34(32,33)24-15-8-20(9-16-24)10-17-25(31)28-22-13-11-21(12-14-22)26-27-19-23-7-5-6-18-30(23)26/h8-9,11-16,19H,3-7,10,17-18H2,1-2H3,(H,28,31). The Bertz CT molecular complexity index is 1230. The number of fused-ring (bicyclic) bond motifs is 1. The van der Waals surface area contributed by atoms with Gasteiger partial charge in [-0.05, 0) is 67.6 Å². The van der Waals surface area contributed by atoms with Crippen LogP contribution < -0.4 is 5.32 Å². The first-order valence-electron chi connectivity index (χ1n) is 12.0. The van der Waals surface area contributed by atoms with Crippen molar-refractivity contribution in [3.8, 4) is 11.4 Å². The van der Waals surface area contributed by atoms with Crippen LogP contribution >= 0.6 is 0 Å². The Morgan fingerprint density at radius 2 is 1.74 bits per heavy atom. The van der Waals surface area contributed by atoms with Crippen LogP contribution in [-0.2, 0) is 34.2 Å². The number of nitrogens with zero attached hydrogens (tertiary/aromatic N) is 3. The molecule has 4 rings (SSSR count). The molecule has 0 saturated heterocycles. The largest absolute Gasteiger partial charge is 0.328 e. The van der Waals surface area contributed by atoms with Crippen LogP contribution in [-0.4, -0.2) is 41.3 Å². The lowest BCUT2D eigenvalue weighted by atomic mass is 10.1. The van der Waals surface area contributed by atoms with Crippen molar-refractivity contribution in [1.82, 2.24) is 13.9 Å². The number of aromatic nitrogens is 2. The van der Waals surface area contributed by atoms with Crippen molar-refractivity contribution >= 4 is 21.6 Å². The second-order valence-corrected chi connectivity index (χ2v) is 10.5. The molecule has 0 saturated carbocycles. The van der Waals surface area contributed by atoms with Crippen molar-refractivity contribution in [3.05, 3.63) is 66.0 Å². The normalized spacial score (nSPS) is 13.6. The smallest absolute Gasteiger partial charge is 0.243 e. The van der Waals surface area contributed by atoms with Crippen molar-refractivity contribution in [2.75, 3.05) is 18.4 Å². The third kappa shape index (κ3) is 5.23. The van der Waals surface area contributed by atoms with E-state index in [9.17, 15) is 13.2 Å². The zero-order valence-electron chi connectivity index (χ0n) is 19.8. The summed E-state index contributed by atoms with van der Waals surface area (Å²) in [7, 11) is -3.47. The maximum atomic E-state index is 12.6. The van der Waals surface area contributed by atoms with Gasteiger partial charge in [-0.2, -0.15) is 4.31 Å². The van der Waals surface area contributed by atoms with E-state index >= 15 is 0 Å². The molecule has 2 aromatic carbocycles. The molecule has 180 valence electrons. The highest BCUT2D eigenvalue weighted by Gasteiger charge is 2.21. The summed E-state index contributed by atoms with van der Waals surface area (Å²) in [5, 5.41) is 2.94. The van der Waals surface area contributed by atoms with E-state index in [0.717, 1.165) is 35.6 Å². The summed E-state index contributed by atoms with van der Waals surface area (Å²) in [5.74, 6) is 0.907. The van der Waals surface area contributed by atoms with Gasteiger partial charge in [-0.3, -0.25) is 4.79 Å². The van der Waals surface area contributed by atoms with Crippen molar-refractivity contribution in [1.29, 1.82) is 0 Å². The Hall–Kier alpha value is -2.97. The fraction of sp³-hybridized carbons (Fsp3) is 0.385. The predicted molar refractivity (Wildman–Crippen MR) is 134 cm³/mol. The fourth-order valence-corrected chi connectivity index (χ4v) is 5.85. The number of benzene rings is 2. The average Bonchev–Trinajstić information content (AvgIpc) is 3.28. The first-order valence-corrected chi connectivity index (χ1v) is 13.4. The molecule has 34 heavy (non-hydrogen) atoms. The van der Waals surface area contributed by atoms with Crippen molar-refractivity contribution in [2.24, 2.45) is 0 Å². The number of aryl methyl sites for hydroxylation is 2. The first kappa shape index (κ1) is 24.2. The molecule has 1 N–H and O–H groups in total. The number of imidazole rings is 1. The maximum Gasteiger partial charge on any atom is 0.243 e. The monoisotopic (exact) mass is 480 g/mol. The number of nitrogens with one attached hydrogen (secondary N) is 1. The Morgan fingerprint density at radius 1 is 1.03 bits per heavy atom. The van der Waals surface area contributed by atoms with Crippen LogP contribution in [0, 0.1) is 0 Å². The molecule has 0 fully saturated rings. The van der Waals surface area contributed by atoms with Crippen LogP contribution in [0.3, 0.4) is 0 Å². The summed E-state index contributed by atoms with van der Waals surface area (Å²) in [6.07, 6.45) is 6.30. The van der Waals surface area contributed by atoms with Crippen LogP contribution in [0.1, 0.15) is 44.4 Å². The topological polar surface area (TPSA) is 84.3 Å². The van der Waals surface area contributed by atoms with Gasteiger partial charge in [0, 0.05) is 49.2 Å². The molecule has 1 aliphatic heterocycles. The van der Waals surface area contributed by atoms with Crippen LogP contribution in [0.4, 0.5) is 5.69 Å². The highest BCUT2D eigenvalue weighted by Crippen LogP contribution is 2.25. The summed E-state index contributed by atoms with van der Waals surface area (Å²) in [6, 6.07) is 14.6. The van der Waals surface area contributed by atoms with Crippen LogP contribution in [0.2, 0.25) is 0 Å². The van der Waals surface area contributed by atoms with Gasteiger partial charge in [0.1, 0.15) is 5.82 Å². The SMILES string of the molecule is CCN(CC)S(=O)(=O)c1ccc(CCC(=O)Nc2ccc(-c3ncc4n3CCCC4)cc2)cc1. The van der Waals surface area contributed by atoms with Gasteiger partial charge < -0.3 is 9.88 Å². The van der Waals surface area contributed by atoms with Crippen LogP contribution in [0.25, 0.3) is 11.4 Å². The molecule has 3 aromatic rings. The van der Waals surface area contributed by atoms with Gasteiger partial charge in [-0.25, -0.2) is 13.4 Å². The van der Waals surface area contributed by atoms with Crippen molar-refractivity contribution in [3.63, 3.8) is 0 Å². The molecular formula is C26H32N4O3S. The summed E-state index contributed by atoms with van der Waals surface area (Å²) in [6.45, 7) is 5.53. The molecule has 7 nitrogen and oxygen atoms in total. The molecule has 0 aliphatic carbocycles. The minimum atomic E-state index is -3.47. The van der Waals surface area contributed by atoms with Gasteiger partial charge in [0.15, 0.2) is 0 Å². The Balaban J connectivity index is 1.32. The third-order valence-electron chi connectivity index (χ3n) is 6.34. The van der Waals surface area contributed by atoms with E-state index in [1.165, 1.54) is 22.8 Å². The number of amides is 1. The molecule has 0 bridgehead atoms. The molecule has 1 amide bonds. The number of carbonyl (C=O) groups is 1. The van der Waals surface area contributed by atoms with Crippen molar-refractivity contribution in [2.45, 2.75) is 57.4 Å². The van der Waals surface area contributed by atoms with Crippen molar-refractivity contribution < 1.29 is 13.2 Å². The number of sulfonamides is 1. The number of rotatable bonds is 9. The Labute approximate surface area is 201 Å². The minimum absolute atomic E-state index is 0.0780. The maximum absolute atomic E-state index is 12.6. The Morgan fingerprint density at radius 3 is 2.41 bits per heavy atom. The summed E-state index contributed by atoms with van der Waals surface area (Å²) < 4.78 is 28.9. The molecular weight excluding hydrogens is 448 g/mol. The lowest BCUT2D eigenvalue weighted by Crippen LogP contribution is -2.30. The quantitative estimate of drug-likeness (QED) is 0.489. The molecule has 0 unspecified atom stereocenters. The number of anilines is 1. The van der Waals surface area contributed by atoms with Crippen LogP contribution in [0.15, 0.2) is 59.6 Å². The third-order valence-corrected chi connectivity index (χ3v) is 8.40. The average molecular weight is 481 g/mol. The number of carbonyl (C=O) groups excluding carboxylic acids is 1. The van der Waals surface area contributed by atoms with E-state index in [-0.39, 0.29) is 10.8 Å². The van der Waals surface area contributed by atoms with Gasteiger partial charge in [0.25, 0.3) is 0 Å². The van der Waals surface area contributed by atoms with Gasteiger partial charge in [-0.15, -0.1) is 0 Å². The first-order chi connectivity index (χ1) is 16.4. The summed E-state index contributed by atoms with van der Waals surface area (Å²) in [4.78, 5) is 17.3. The zero-order valence-corrected chi connectivity index (χ0v) is 20.6. The van der Waals surface area contributed by atoms with E-state index in [4.69, 9.17) is 0 Å². The fourth-order valence-electron chi connectivity index (χ4n) is 4.39. The van der Waals surface area contributed by atoms with E-state index < -0.39 is 10.0 Å². The molecule has 0 radical (unpaired) electrons. The van der Waals surface area contributed by atoms with Gasteiger partial charge >= 0.3 is 0 Å².